The normalized spacial score (nSPS) is 17.3. The number of amides is 1. The molecule has 1 aliphatic rings. The zero-order valence-corrected chi connectivity index (χ0v) is 12.0. The standard InChI is InChI=1S/C15H14N2O3S/c18-13(8-10-2-1-5-16-9-10)17-6-3-12-11(4-7-21-12)14(17)15(19)20/h1-2,4-5,7,9,14H,3,6,8H2,(H,19,20). The summed E-state index contributed by atoms with van der Waals surface area (Å²) in [4.78, 5) is 30.5. The monoisotopic (exact) mass is 302 g/mol. The number of thiophene rings is 1. The Balaban J connectivity index is 1.84. The summed E-state index contributed by atoms with van der Waals surface area (Å²) in [6.07, 6.45) is 4.17. The fourth-order valence-corrected chi connectivity index (χ4v) is 3.53. The average molecular weight is 302 g/mol. The Morgan fingerprint density at radius 3 is 3.00 bits per heavy atom. The van der Waals surface area contributed by atoms with E-state index in [1.807, 2.05) is 17.5 Å². The molecule has 2 aromatic rings. The van der Waals surface area contributed by atoms with Gasteiger partial charge < -0.3 is 10.0 Å². The van der Waals surface area contributed by atoms with Crippen LogP contribution in [0.15, 0.2) is 36.0 Å². The smallest absolute Gasteiger partial charge is 0.331 e. The van der Waals surface area contributed by atoms with E-state index in [4.69, 9.17) is 0 Å². The molecule has 0 radical (unpaired) electrons. The molecule has 3 heterocycles. The van der Waals surface area contributed by atoms with E-state index in [2.05, 4.69) is 4.98 Å². The molecule has 3 rings (SSSR count). The van der Waals surface area contributed by atoms with Gasteiger partial charge in [0, 0.05) is 23.8 Å². The number of aliphatic carboxylic acids is 1. The number of nitrogens with zero attached hydrogens (tertiary/aromatic N) is 2. The minimum Gasteiger partial charge on any atom is -0.479 e. The number of hydrogen-bond donors (Lipinski definition) is 1. The number of fused-ring (bicyclic) bond motifs is 1. The number of carboxylic acid groups (broad SMARTS) is 1. The highest BCUT2D eigenvalue weighted by Gasteiger charge is 2.36. The van der Waals surface area contributed by atoms with Gasteiger partial charge in [-0.1, -0.05) is 6.07 Å². The van der Waals surface area contributed by atoms with Crippen LogP contribution < -0.4 is 0 Å². The van der Waals surface area contributed by atoms with Crippen LogP contribution in [0.2, 0.25) is 0 Å². The third-order valence-corrected chi connectivity index (χ3v) is 4.59. The lowest BCUT2D eigenvalue weighted by Gasteiger charge is -2.33. The van der Waals surface area contributed by atoms with Crippen LogP contribution in [0.5, 0.6) is 0 Å². The Morgan fingerprint density at radius 2 is 2.29 bits per heavy atom. The molecule has 1 N–H and O–H groups in total. The third-order valence-electron chi connectivity index (χ3n) is 3.60. The number of carboxylic acids is 1. The van der Waals surface area contributed by atoms with E-state index in [1.54, 1.807) is 29.8 Å². The van der Waals surface area contributed by atoms with Crippen molar-refractivity contribution in [1.82, 2.24) is 9.88 Å². The van der Waals surface area contributed by atoms with Crippen LogP contribution in [0.4, 0.5) is 0 Å². The average Bonchev–Trinajstić information content (AvgIpc) is 2.95. The van der Waals surface area contributed by atoms with Gasteiger partial charge in [-0.3, -0.25) is 9.78 Å². The van der Waals surface area contributed by atoms with Crippen molar-refractivity contribution in [2.45, 2.75) is 18.9 Å². The number of pyridine rings is 1. The highest BCUT2D eigenvalue weighted by atomic mass is 32.1. The second-order valence-electron chi connectivity index (χ2n) is 4.92. The number of hydrogen-bond acceptors (Lipinski definition) is 4. The van der Waals surface area contributed by atoms with Crippen molar-refractivity contribution in [3.63, 3.8) is 0 Å². The first-order valence-corrected chi connectivity index (χ1v) is 7.52. The Labute approximate surface area is 125 Å². The molecule has 1 atom stereocenters. The Hall–Kier alpha value is -2.21. The first-order valence-electron chi connectivity index (χ1n) is 6.64. The molecule has 21 heavy (non-hydrogen) atoms. The van der Waals surface area contributed by atoms with Crippen LogP contribution >= 0.6 is 11.3 Å². The van der Waals surface area contributed by atoms with Crippen molar-refractivity contribution in [3.8, 4) is 0 Å². The maximum Gasteiger partial charge on any atom is 0.331 e. The molecule has 1 aliphatic heterocycles. The van der Waals surface area contributed by atoms with Gasteiger partial charge in [0.05, 0.1) is 6.42 Å². The van der Waals surface area contributed by atoms with Crippen LogP contribution in [0, 0.1) is 0 Å². The first kappa shape index (κ1) is 13.8. The number of aromatic nitrogens is 1. The van der Waals surface area contributed by atoms with Gasteiger partial charge in [-0.25, -0.2) is 4.79 Å². The van der Waals surface area contributed by atoms with E-state index in [0.717, 1.165) is 22.4 Å². The Morgan fingerprint density at radius 1 is 1.43 bits per heavy atom. The molecule has 5 nitrogen and oxygen atoms in total. The quantitative estimate of drug-likeness (QED) is 0.940. The second kappa shape index (κ2) is 5.65. The number of carbonyl (C=O) groups is 2. The molecule has 1 amide bonds. The molecular weight excluding hydrogens is 288 g/mol. The van der Waals surface area contributed by atoms with Crippen LogP contribution in [-0.4, -0.2) is 33.4 Å². The van der Waals surface area contributed by atoms with Crippen molar-refractivity contribution < 1.29 is 14.7 Å². The summed E-state index contributed by atoms with van der Waals surface area (Å²) >= 11 is 1.55. The molecule has 0 bridgehead atoms. The van der Waals surface area contributed by atoms with E-state index in [0.29, 0.717) is 6.54 Å². The van der Waals surface area contributed by atoms with Gasteiger partial charge in [-0.05, 0) is 35.1 Å². The number of rotatable bonds is 3. The summed E-state index contributed by atoms with van der Waals surface area (Å²) in [5, 5.41) is 11.4. The Bertz CT molecular complexity index is 669. The third kappa shape index (κ3) is 2.67. The largest absolute Gasteiger partial charge is 0.479 e. The summed E-state index contributed by atoms with van der Waals surface area (Å²) in [5.41, 5.74) is 1.54. The lowest BCUT2D eigenvalue weighted by molar-refractivity contribution is -0.150. The van der Waals surface area contributed by atoms with Crippen LogP contribution in [0.25, 0.3) is 0 Å². The number of carbonyl (C=O) groups excluding carboxylic acids is 1. The Kier molecular flexibility index (Phi) is 3.70. The summed E-state index contributed by atoms with van der Waals surface area (Å²) in [6, 6.07) is 4.53. The predicted molar refractivity (Wildman–Crippen MR) is 78.1 cm³/mol. The van der Waals surface area contributed by atoms with Crippen molar-refractivity contribution >= 4 is 23.2 Å². The van der Waals surface area contributed by atoms with Crippen LogP contribution in [-0.2, 0) is 22.4 Å². The molecule has 2 aromatic heterocycles. The highest BCUT2D eigenvalue weighted by Crippen LogP contribution is 2.33. The van der Waals surface area contributed by atoms with E-state index < -0.39 is 12.0 Å². The van der Waals surface area contributed by atoms with Crippen molar-refractivity contribution in [1.29, 1.82) is 0 Å². The lowest BCUT2D eigenvalue weighted by Crippen LogP contribution is -2.43. The maximum atomic E-state index is 12.5. The molecule has 0 aliphatic carbocycles. The predicted octanol–water partition coefficient (Wildman–Crippen LogP) is 1.90. The molecule has 108 valence electrons. The second-order valence-corrected chi connectivity index (χ2v) is 5.92. The minimum absolute atomic E-state index is 0.174. The fourth-order valence-electron chi connectivity index (χ4n) is 2.63. The molecule has 0 aromatic carbocycles. The summed E-state index contributed by atoms with van der Waals surface area (Å²) in [7, 11) is 0. The van der Waals surface area contributed by atoms with E-state index >= 15 is 0 Å². The highest BCUT2D eigenvalue weighted by molar-refractivity contribution is 7.10. The summed E-state index contributed by atoms with van der Waals surface area (Å²) in [6.45, 7) is 0.448. The maximum absolute atomic E-state index is 12.5. The lowest BCUT2D eigenvalue weighted by atomic mass is 9.99. The van der Waals surface area contributed by atoms with E-state index in [1.165, 1.54) is 4.90 Å². The SMILES string of the molecule is O=C(O)C1c2ccsc2CCN1C(=O)Cc1cccnc1. The zero-order valence-electron chi connectivity index (χ0n) is 11.2. The van der Waals surface area contributed by atoms with Crippen molar-refractivity contribution in [3.05, 3.63) is 52.0 Å². The summed E-state index contributed by atoms with van der Waals surface area (Å²) in [5.74, 6) is -1.15. The molecule has 6 heteroatoms. The fraction of sp³-hybridized carbons (Fsp3) is 0.267. The van der Waals surface area contributed by atoms with Gasteiger partial charge in [-0.15, -0.1) is 11.3 Å². The van der Waals surface area contributed by atoms with Crippen LogP contribution in [0.3, 0.4) is 0 Å². The van der Waals surface area contributed by atoms with Gasteiger partial charge in [0.15, 0.2) is 6.04 Å². The van der Waals surface area contributed by atoms with Gasteiger partial charge in [0.25, 0.3) is 0 Å². The van der Waals surface area contributed by atoms with Crippen molar-refractivity contribution in [2.75, 3.05) is 6.54 Å². The molecule has 0 saturated carbocycles. The topological polar surface area (TPSA) is 70.5 Å². The molecule has 0 spiro atoms. The van der Waals surface area contributed by atoms with Gasteiger partial charge in [0.1, 0.15) is 0 Å². The van der Waals surface area contributed by atoms with Crippen molar-refractivity contribution in [2.24, 2.45) is 0 Å². The van der Waals surface area contributed by atoms with Crippen LogP contribution in [0.1, 0.15) is 22.0 Å². The molecule has 1 unspecified atom stereocenters. The van der Waals surface area contributed by atoms with Gasteiger partial charge in [0.2, 0.25) is 5.91 Å². The van der Waals surface area contributed by atoms with E-state index in [-0.39, 0.29) is 12.3 Å². The summed E-state index contributed by atoms with van der Waals surface area (Å²) < 4.78 is 0. The van der Waals surface area contributed by atoms with Gasteiger partial charge >= 0.3 is 5.97 Å². The molecule has 0 saturated heterocycles. The minimum atomic E-state index is -0.978. The van der Waals surface area contributed by atoms with E-state index in [9.17, 15) is 14.7 Å². The molecule has 0 fully saturated rings. The first-order chi connectivity index (χ1) is 10.2. The van der Waals surface area contributed by atoms with Gasteiger partial charge in [-0.2, -0.15) is 0 Å². The zero-order chi connectivity index (χ0) is 14.8. The molecular formula is C15H14N2O3S.